The lowest BCUT2D eigenvalue weighted by Gasteiger charge is -2.45. The van der Waals surface area contributed by atoms with Crippen molar-refractivity contribution in [3.63, 3.8) is 0 Å². The van der Waals surface area contributed by atoms with E-state index in [2.05, 4.69) is 26.6 Å². The lowest BCUT2D eigenvalue weighted by atomic mass is 9.82. The minimum absolute atomic E-state index is 0.0185. The van der Waals surface area contributed by atoms with Crippen molar-refractivity contribution >= 4 is 53.1 Å². The van der Waals surface area contributed by atoms with Crippen molar-refractivity contribution in [1.29, 1.82) is 0 Å². The standard InChI is InChI=1S/C58H106N6O25S2/c1-7-11-13-32(54(78)63-18-21-90-5)24-33(55(79)64-19-22-91-6)23-31(10-4)53(77)62-17-16-61-40(66)29-81-51-38(25-80-20-9-3)89-57(50(76)48(51)74)84-27-36-43(69)46(72)49(75)56(87-36)83-28-37-44(70)47(73)52(82-30-39(65)60-15-14-59)58(88-37)85-26-35-42(68)45(71)41(67)34(86-35)12-8-2/h31-38,41-52,56-58,67-76H,7-30,59H2,1-6H3,(H,60,65)(H,61,66)(H,62,77)(H,63,78)(H,64,79). The minimum Gasteiger partial charge on any atom is -0.388 e. The number of hydrogen-bond donors (Lipinski definition) is 16. The van der Waals surface area contributed by atoms with Crippen LogP contribution in [0.1, 0.15) is 85.5 Å². The Morgan fingerprint density at radius 2 is 0.901 bits per heavy atom. The van der Waals surface area contributed by atoms with Crippen LogP contribution < -0.4 is 32.3 Å². The van der Waals surface area contributed by atoms with Crippen molar-refractivity contribution in [2.24, 2.45) is 23.5 Å². The molecule has 0 aromatic carbocycles. The topological polar surface area (TPSA) is 466 Å². The maximum atomic E-state index is 13.6. The number of nitrogens with one attached hydrogen (secondary N) is 5. The molecule has 0 spiro atoms. The predicted molar refractivity (Wildman–Crippen MR) is 328 cm³/mol. The first kappa shape index (κ1) is 80.6. The molecule has 530 valence electrons. The molecule has 33 heteroatoms. The molecule has 31 nitrogen and oxygen atoms in total. The van der Waals surface area contributed by atoms with Crippen LogP contribution in [0, 0.1) is 17.8 Å². The van der Waals surface area contributed by atoms with Crippen LogP contribution >= 0.6 is 23.5 Å². The predicted octanol–water partition coefficient (Wildman–Crippen LogP) is -4.92. The van der Waals surface area contributed by atoms with Gasteiger partial charge in [-0.3, -0.25) is 24.0 Å². The molecule has 0 saturated carbocycles. The second-order valence-electron chi connectivity index (χ2n) is 23.1. The smallest absolute Gasteiger partial charge is 0.246 e. The average Bonchev–Trinajstić information content (AvgIpc) is 0.980. The summed E-state index contributed by atoms with van der Waals surface area (Å²) in [5.74, 6) is -2.05. The fourth-order valence-electron chi connectivity index (χ4n) is 10.8. The number of amides is 5. The number of carbonyl (C=O) groups is 5. The molecular weight excluding hydrogens is 1240 g/mol. The van der Waals surface area contributed by atoms with E-state index >= 15 is 0 Å². The molecule has 17 N–H and O–H groups in total. The van der Waals surface area contributed by atoms with Gasteiger partial charge in [0, 0.05) is 75.1 Å². The summed E-state index contributed by atoms with van der Waals surface area (Å²) >= 11 is 3.20. The van der Waals surface area contributed by atoms with Gasteiger partial charge in [0.2, 0.25) is 29.5 Å². The molecule has 5 amide bonds. The third-order valence-corrected chi connectivity index (χ3v) is 17.4. The van der Waals surface area contributed by atoms with Crippen LogP contribution in [0.4, 0.5) is 0 Å². The summed E-state index contributed by atoms with van der Waals surface area (Å²) < 4.78 is 58.3. The highest BCUT2D eigenvalue weighted by molar-refractivity contribution is 7.98. The quantitative estimate of drug-likeness (QED) is 0.0254. The third-order valence-electron chi connectivity index (χ3n) is 16.1. The Bertz CT molecular complexity index is 2100. The van der Waals surface area contributed by atoms with Crippen LogP contribution in [-0.4, -0.2) is 313 Å². The number of carbonyl (C=O) groups excluding carboxylic acids is 5. The highest BCUT2D eigenvalue weighted by Crippen LogP contribution is 2.32. The lowest BCUT2D eigenvalue weighted by Crippen LogP contribution is -2.63. The van der Waals surface area contributed by atoms with Gasteiger partial charge < -0.3 is 131 Å². The first-order valence-electron chi connectivity index (χ1n) is 31.7. The normalized spacial score (nSPS) is 32.9. The summed E-state index contributed by atoms with van der Waals surface area (Å²) in [5, 5.41) is 124. The van der Waals surface area contributed by atoms with E-state index in [-0.39, 0.29) is 70.0 Å². The van der Waals surface area contributed by atoms with Gasteiger partial charge in [0.25, 0.3) is 0 Å². The molecule has 4 rings (SSSR count). The van der Waals surface area contributed by atoms with E-state index < -0.39 is 185 Å². The Hall–Kier alpha value is -2.79. The molecule has 0 radical (unpaired) electrons. The first-order chi connectivity index (χ1) is 43.6. The Labute approximate surface area is 541 Å². The Morgan fingerprint density at radius 1 is 0.451 bits per heavy atom. The number of nitrogens with two attached hydrogens (primary N) is 1. The first-order valence-corrected chi connectivity index (χ1v) is 34.5. The van der Waals surface area contributed by atoms with Crippen molar-refractivity contribution in [2.75, 3.05) is 110 Å². The molecule has 0 aliphatic carbocycles. The van der Waals surface area contributed by atoms with Gasteiger partial charge in [0.15, 0.2) is 18.9 Å². The SMILES string of the molecule is CCCCC(CC(CC(CC)C(=O)NCCNC(=O)COC1C(COCCC)OC(OCC2OC(OCC3OC(OCC4OC(CCC)C(O)C(O)C4O)C(OCC(=O)NCCN)C(O)C3O)C(O)C(O)C2O)C(O)C1O)C(=O)NCCSC)C(=O)NCCSC. The van der Waals surface area contributed by atoms with Gasteiger partial charge in [-0.05, 0) is 51.0 Å². The fraction of sp³-hybridized carbons (Fsp3) is 0.914. The molecule has 91 heavy (non-hydrogen) atoms. The van der Waals surface area contributed by atoms with Gasteiger partial charge in [0.05, 0.1) is 32.5 Å². The van der Waals surface area contributed by atoms with Crippen molar-refractivity contribution < 1.29 is 122 Å². The molecule has 4 saturated heterocycles. The summed E-state index contributed by atoms with van der Waals surface area (Å²) in [6, 6.07) is 0. The number of thioether (sulfide) groups is 2. The number of aliphatic hydroxyl groups excluding tert-OH is 10. The van der Waals surface area contributed by atoms with Gasteiger partial charge in [-0.1, -0.05) is 47.0 Å². The summed E-state index contributed by atoms with van der Waals surface area (Å²) in [6.07, 6.45) is -23.5. The largest absolute Gasteiger partial charge is 0.388 e. The van der Waals surface area contributed by atoms with Gasteiger partial charge in [-0.25, -0.2) is 0 Å². The van der Waals surface area contributed by atoms with Crippen molar-refractivity contribution in [2.45, 2.75) is 208 Å². The molecule has 23 atom stereocenters. The van der Waals surface area contributed by atoms with Crippen LogP contribution in [0.25, 0.3) is 0 Å². The number of ether oxygens (including phenoxy) is 10. The van der Waals surface area contributed by atoms with Gasteiger partial charge in [-0.15, -0.1) is 0 Å². The molecule has 4 aliphatic heterocycles. The Kier molecular flexibility index (Phi) is 38.5. The number of hydrogen-bond acceptors (Lipinski definition) is 28. The van der Waals surface area contributed by atoms with E-state index in [9.17, 15) is 75.0 Å². The molecule has 0 bridgehead atoms. The maximum absolute atomic E-state index is 13.6. The van der Waals surface area contributed by atoms with E-state index in [4.69, 9.17) is 53.1 Å². The number of unbranched alkanes of at least 4 members (excludes halogenated alkanes) is 1. The molecule has 23 unspecified atom stereocenters. The van der Waals surface area contributed by atoms with E-state index in [0.717, 1.165) is 18.6 Å². The van der Waals surface area contributed by atoms with Crippen molar-refractivity contribution in [3.8, 4) is 0 Å². The van der Waals surface area contributed by atoms with Crippen LogP contribution in [0.5, 0.6) is 0 Å². The summed E-state index contributed by atoms with van der Waals surface area (Å²) in [6.45, 7) is 5.58. The highest BCUT2D eigenvalue weighted by atomic mass is 32.2. The van der Waals surface area contributed by atoms with Gasteiger partial charge in [-0.2, -0.15) is 23.5 Å². The maximum Gasteiger partial charge on any atom is 0.246 e. The van der Waals surface area contributed by atoms with Gasteiger partial charge >= 0.3 is 0 Å². The fourth-order valence-corrected chi connectivity index (χ4v) is 11.4. The highest BCUT2D eigenvalue weighted by Gasteiger charge is 2.52. The number of rotatable bonds is 43. The monoisotopic (exact) mass is 1350 g/mol. The van der Waals surface area contributed by atoms with Crippen LogP contribution in [0.3, 0.4) is 0 Å². The summed E-state index contributed by atoms with van der Waals surface area (Å²) in [7, 11) is 0. The molecule has 4 heterocycles. The van der Waals surface area contributed by atoms with Crippen molar-refractivity contribution in [1.82, 2.24) is 26.6 Å². The van der Waals surface area contributed by atoms with E-state index in [0.29, 0.717) is 50.9 Å². The number of aliphatic hydroxyl groups is 10. The van der Waals surface area contributed by atoms with Gasteiger partial charge in [0.1, 0.15) is 111 Å². The summed E-state index contributed by atoms with van der Waals surface area (Å²) in [4.78, 5) is 66.1. The van der Waals surface area contributed by atoms with E-state index in [1.165, 1.54) is 0 Å². The van der Waals surface area contributed by atoms with E-state index in [1.807, 2.05) is 40.2 Å². The summed E-state index contributed by atoms with van der Waals surface area (Å²) in [5.41, 5.74) is 5.47. The second kappa shape index (κ2) is 43.4. The molecular formula is C58H106N6O25S2. The second-order valence-corrected chi connectivity index (χ2v) is 25.1. The van der Waals surface area contributed by atoms with E-state index in [1.54, 1.807) is 23.5 Å². The zero-order valence-corrected chi connectivity index (χ0v) is 54.9. The van der Waals surface area contributed by atoms with Crippen LogP contribution in [0.15, 0.2) is 0 Å². The third kappa shape index (κ3) is 25.6. The lowest BCUT2D eigenvalue weighted by molar-refractivity contribution is -0.347. The molecule has 0 aromatic heterocycles. The molecule has 0 aromatic rings. The Balaban J connectivity index is 1.34. The molecule has 4 aliphatic rings. The average molecular weight is 1350 g/mol. The zero-order valence-electron chi connectivity index (χ0n) is 53.2. The minimum atomic E-state index is -1.95. The Morgan fingerprint density at radius 3 is 1.46 bits per heavy atom. The zero-order chi connectivity index (χ0) is 67.2. The molecule has 4 fully saturated rings. The van der Waals surface area contributed by atoms with Crippen LogP contribution in [-0.2, 0) is 71.3 Å². The van der Waals surface area contributed by atoms with Crippen molar-refractivity contribution in [3.05, 3.63) is 0 Å². The van der Waals surface area contributed by atoms with Crippen LogP contribution in [0.2, 0.25) is 0 Å².